The number of hydrogen-bond acceptors (Lipinski definition) is 2. The van der Waals surface area contributed by atoms with Gasteiger partial charge >= 0.3 is 0 Å². The molecule has 2 amide bonds. The molecule has 1 fully saturated rings. The highest BCUT2D eigenvalue weighted by molar-refractivity contribution is 6.04. The van der Waals surface area contributed by atoms with Gasteiger partial charge in [-0.25, -0.2) is 0 Å². The second-order valence-electron chi connectivity index (χ2n) is 2.66. The first-order valence-electron chi connectivity index (χ1n) is 3.51. The maximum absolute atomic E-state index is 10.9. The van der Waals surface area contributed by atoms with Crippen LogP contribution in [0.3, 0.4) is 0 Å². The third kappa shape index (κ3) is 0.916. The zero-order valence-corrected chi connectivity index (χ0v) is 6.18. The summed E-state index contributed by atoms with van der Waals surface area (Å²) in [6, 6.07) is 0. The standard InChI is InChI=1S/C7H11NO2/c1-3-5-4(2)6(9)8-7(5)10/h4-5H,3H2,1-2H3,(H,8,9,10)/t4-,5-/m0/s1. The van der Waals surface area contributed by atoms with E-state index in [1.807, 2.05) is 6.92 Å². The number of imide groups is 1. The van der Waals surface area contributed by atoms with Crippen LogP contribution in [0.25, 0.3) is 0 Å². The van der Waals surface area contributed by atoms with Crippen LogP contribution in [0.4, 0.5) is 0 Å². The summed E-state index contributed by atoms with van der Waals surface area (Å²) in [6.07, 6.45) is 0.749. The molecule has 1 heterocycles. The molecule has 10 heavy (non-hydrogen) atoms. The van der Waals surface area contributed by atoms with Crippen LogP contribution in [0, 0.1) is 11.8 Å². The molecule has 0 unspecified atom stereocenters. The van der Waals surface area contributed by atoms with Gasteiger partial charge in [-0.2, -0.15) is 0 Å². The van der Waals surface area contributed by atoms with E-state index in [9.17, 15) is 9.59 Å². The van der Waals surface area contributed by atoms with E-state index in [-0.39, 0.29) is 23.7 Å². The van der Waals surface area contributed by atoms with Crippen LogP contribution in [0.1, 0.15) is 20.3 Å². The van der Waals surface area contributed by atoms with Crippen molar-refractivity contribution in [3.8, 4) is 0 Å². The molecule has 0 spiro atoms. The maximum atomic E-state index is 10.9. The molecule has 3 heteroatoms. The molecule has 1 N–H and O–H groups in total. The Labute approximate surface area is 59.8 Å². The number of hydrogen-bond donors (Lipinski definition) is 1. The van der Waals surface area contributed by atoms with Gasteiger partial charge in [0.1, 0.15) is 0 Å². The Balaban J connectivity index is 2.73. The number of carbonyl (C=O) groups excluding carboxylic acids is 2. The largest absolute Gasteiger partial charge is 0.296 e. The predicted molar refractivity (Wildman–Crippen MR) is 36.1 cm³/mol. The van der Waals surface area contributed by atoms with Crippen molar-refractivity contribution < 1.29 is 9.59 Å². The van der Waals surface area contributed by atoms with Crippen LogP contribution >= 0.6 is 0 Å². The molecule has 0 aromatic heterocycles. The van der Waals surface area contributed by atoms with Gasteiger partial charge < -0.3 is 0 Å². The minimum absolute atomic E-state index is 0.0903. The number of nitrogens with one attached hydrogen (secondary N) is 1. The van der Waals surface area contributed by atoms with Crippen LogP contribution in [0.15, 0.2) is 0 Å². The molecular weight excluding hydrogens is 130 g/mol. The average Bonchev–Trinajstić information content (AvgIpc) is 2.09. The SMILES string of the molecule is CC[C@@H]1C(=O)NC(=O)[C@H]1C. The first-order chi connectivity index (χ1) is 4.66. The molecule has 0 aromatic carbocycles. The second-order valence-corrected chi connectivity index (χ2v) is 2.66. The summed E-state index contributed by atoms with van der Waals surface area (Å²) in [5.74, 6) is -0.457. The van der Waals surface area contributed by atoms with Crippen LogP contribution < -0.4 is 5.32 Å². The van der Waals surface area contributed by atoms with Crippen molar-refractivity contribution in [1.29, 1.82) is 0 Å². The minimum Gasteiger partial charge on any atom is -0.296 e. The van der Waals surface area contributed by atoms with Gasteiger partial charge in [0.15, 0.2) is 0 Å². The molecule has 3 nitrogen and oxygen atoms in total. The number of amides is 2. The molecule has 1 aliphatic heterocycles. The van der Waals surface area contributed by atoms with E-state index in [1.54, 1.807) is 6.92 Å². The Hall–Kier alpha value is -0.860. The van der Waals surface area contributed by atoms with Crippen molar-refractivity contribution in [2.24, 2.45) is 11.8 Å². The quantitative estimate of drug-likeness (QED) is 0.534. The van der Waals surface area contributed by atoms with E-state index >= 15 is 0 Å². The molecule has 0 bridgehead atoms. The van der Waals surface area contributed by atoms with Crippen molar-refractivity contribution in [2.45, 2.75) is 20.3 Å². The molecule has 1 aliphatic rings. The van der Waals surface area contributed by atoms with Crippen molar-refractivity contribution in [3.05, 3.63) is 0 Å². The maximum Gasteiger partial charge on any atom is 0.230 e. The molecule has 1 rings (SSSR count). The fourth-order valence-corrected chi connectivity index (χ4v) is 1.28. The van der Waals surface area contributed by atoms with Crippen molar-refractivity contribution in [2.75, 3.05) is 0 Å². The molecule has 2 atom stereocenters. The van der Waals surface area contributed by atoms with E-state index < -0.39 is 0 Å². The second kappa shape index (κ2) is 2.40. The van der Waals surface area contributed by atoms with E-state index in [2.05, 4.69) is 5.32 Å². The lowest BCUT2D eigenvalue weighted by molar-refractivity contribution is -0.126. The van der Waals surface area contributed by atoms with Crippen molar-refractivity contribution >= 4 is 11.8 Å². The number of carbonyl (C=O) groups is 2. The normalized spacial score (nSPS) is 32.6. The highest BCUT2D eigenvalue weighted by Crippen LogP contribution is 2.20. The van der Waals surface area contributed by atoms with Gasteiger partial charge in [-0.15, -0.1) is 0 Å². The van der Waals surface area contributed by atoms with Gasteiger partial charge in [-0.3, -0.25) is 14.9 Å². The van der Waals surface area contributed by atoms with Crippen molar-refractivity contribution in [3.63, 3.8) is 0 Å². The van der Waals surface area contributed by atoms with E-state index in [1.165, 1.54) is 0 Å². The fourth-order valence-electron chi connectivity index (χ4n) is 1.28. The summed E-state index contributed by atoms with van der Waals surface area (Å²) in [5.41, 5.74) is 0. The molecule has 0 radical (unpaired) electrons. The van der Waals surface area contributed by atoms with Crippen LogP contribution in [0.5, 0.6) is 0 Å². The van der Waals surface area contributed by atoms with Gasteiger partial charge in [-0.05, 0) is 6.42 Å². The smallest absolute Gasteiger partial charge is 0.230 e. The highest BCUT2D eigenvalue weighted by Gasteiger charge is 2.36. The third-order valence-corrected chi connectivity index (χ3v) is 2.04. The van der Waals surface area contributed by atoms with Gasteiger partial charge in [0, 0.05) is 11.8 Å². The molecule has 0 saturated carbocycles. The highest BCUT2D eigenvalue weighted by atomic mass is 16.2. The average molecular weight is 141 g/mol. The van der Waals surface area contributed by atoms with Crippen LogP contribution in [-0.2, 0) is 9.59 Å². The van der Waals surface area contributed by atoms with Gasteiger partial charge in [0.25, 0.3) is 0 Å². The van der Waals surface area contributed by atoms with Crippen molar-refractivity contribution in [1.82, 2.24) is 5.32 Å². The van der Waals surface area contributed by atoms with E-state index in [0.717, 1.165) is 6.42 Å². The number of rotatable bonds is 1. The summed E-state index contributed by atoms with van der Waals surface area (Å²) < 4.78 is 0. The zero-order chi connectivity index (χ0) is 7.72. The molecular formula is C7H11NO2. The van der Waals surface area contributed by atoms with Gasteiger partial charge in [0.2, 0.25) is 11.8 Å². The van der Waals surface area contributed by atoms with E-state index in [4.69, 9.17) is 0 Å². The lowest BCUT2D eigenvalue weighted by Crippen LogP contribution is -2.21. The van der Waals surface area contributed by atoms with Gasteiger partial charge in [0.05, 0.1) is 0 Å². The monoisotopic (exact) mass is 141 g/mol. The minimum atomic E-state index is -0.128. The predicted octanol–water partition coefficient (Wildman–Crippen LogP) is 0.305. The molecule has 1 saturated heterocycles. The van der Waals surface area contributed by atoms with E-state index in [0.29, 0.717) is 0 Å². The Morgan fingerprint density at radius 3 is 2.20 bits per heavy atom. The van der Waals surface area contributed by atoms with Crippen LogP contribution in [0.2, 0.25) is 0 Å². The Kier molecular flexibility index (Phi) is 1.74. The zero-order valence-electron chi connectivity index (χ0n) is 6.18. The Morgan fingerprint density at radius 1 is 1.40 bits per heavy atom. The first-order valence-corrected chi connectivity index (χ1v) is 3.51. The fraction of sp³-hybridized carbons (Fsp3) is 0.714. The summed E-state index contributed by atoms with van der Waals surface area (Å²) in [4.78, 5) is 21.7. The Bertz CT molecular complexity index is 176. The van der Waals surface area contributed by atoms with Gasteiger partial charge in [-0.1, -0.05) is 13.8 Å². The summed E-state index contributed by atoms with van der Waals surface area (Å²) in [7, 11) is 0. The van der Waals surface area contributed by atoms with Crippen LogP contribution in [-0.4, -0.2) is 11.8 Å². The lowest BCUT2D eigenvalue weighted by Gasteiger charge is -2.04. The molecule has 56 valence electrons. The lowest BCUT2D eigenvalue weighted by atomic mass is 9.95. The summed E-state index contributed by atoms with van der Waals surface area (Å²) >= 11 is 0. The Morgan fingerprint density at radius 2 is 2.00 bits per heavy atom. The summed E-state index contributed by atoms with van der Waals surface area (Å²) in [6.45, 7) is 3.70. The summed E-state index contributed by atoms with van der Waals surface area (Å²) in [5, 5.41) is 2.29. The first kappa shape index (κ1) is 7.25. The topological polar surface area (TPSA) is 46.2 Å². The third-order valence-electron chi connectivity index (χ3n) is 2.04. The molecule has 0 aliphatic carbocycles. The molecule has 0 aromatic rings.